The van der Waals surface area contributed by atoms with Gasteiger partial charge in [-0.3, -0.25) is 0 Å². The molecule has 0 saturated carbocycles. The molecule has 0 unspecified atom stereocenters. The molecule has 0 atom stereocenters. The summed E-state index contributed by atoms with van der Waals surface area (Å²) >= 11 is 0. The Morgan fingerprint density at radius 3 is 2.00 bits per heavy atom. The summed E-state index contributed by atoms with van der Waals surface area (Å²) in [4.78, 5) is 21.5. The van der Waals surface area contributed by atoms with Gasteiger partial charge in [-0.1, -0.05) is 0 Å². The zero-order valence-electron chi connectivity index (χ0n) is 8.50. The van der Waals surface area contributed by atoms with Crippen LogP contribution in [0.25, 0.3) is 0 Å². The van der Waals surface area contributed by atoms with Gasteiger partial charge in [0.2, 0.25) is 0 Å². The Kier molecular flexibility index (Phi) is 3.12. The van der Waals surface area contributed by atoms with Gasteiger partial charge in [0, 0.05) is 0 Å². The van der Waals surface area contributed by atoms with Crippen LogP contribution in [-0.2, 0) is 6.18 Å². The molecule has 0 amide bonds. The fourth-order valence-corrected chi connectivity index (χ4v) is 1.46. The van der Waals surface area contributed by atoms with E-state index in [0.29, 0.717) is 6.07 Å². The van der Waals surface area contributed by atoms with Gasteiger partial charge >= 0.3 is 18.1 Å². The number of alkyl halides is 3. The highest BCUT2D eigenvalue weighted by atomic mass is 19.4. The van der Waals surface area contributed by atoms with Crippen molar-refractivity contribution in [2.75, 3.05) is 0 Å². The smallest absolute Gasteiger partial charge is 0.417 e. The zero-order chi connectivity index (χ0) is 13.4. The molecule has 0 aliphatic heterocycles. The first-order valence-corrected chi connectivity index (χ1v) is 4.33. The topological polar surface area (TPSA) is 74.6 Å². The van der Waals surface area contributed by atoms with E-state index in [0.717, 1.165) is 13.0 Å². The lowest BCUT2D eigenvalue weighted by atomic mass is 9.96. The van der Waals surface area contributed by atoms with Crippen molar-refractivity contribution in [2.45, 2.75) is 13.1 Å². The fraction of sp³-hybridized carbons (Fsp3) is 0.200. The first-order chi connectivity index (χ1) is 7.66. The lowest BCUT2D eigenvalue weighted by molar-refractivity contribution is -0.138. The zero-order valence-corrected chi connectivity index (χ0v) is 8.50. The second-order valence-corrected chi connectivity index (χ2v) is 3.27. The molecule has 4 nitrogen and oxygen atoms in total. The molecule has 0 fully saturated rings. The summed E-state index contributed by atoms with van der Waals surface area (Å²) in [5.41, 5.74) is -3.26. The molecule has 17 heavy (non-hydrogen) atoms. The van der Waals surface area contributed by atoms with E-state index in [2.05, 4.69) is 0 Å². The number of aromatic carboxylic acids is 2. The standard InChI is InChI=1S/C10H7F3O4/c1-4-5(8(14)15)2-3-6(10(11,12)13)7(4)9(16)17/h2-3H,1H3,(H,14,15)(H,16,17). The molecule has 1 rings (SSSR count). The summed E-state index contributed by atoms with van der Waals surface area (Å²) < 4.78 is 37.5. The van der Waals surface area contributed by atoms with E-state index in [1.165, 1.54) is 0 Å². The van der Waals surface area contributed by atoms with Crippen LogP contribution in [0.2, 0.25) is 0 Å². The largest absolute Gasteiger partial charge is 0.478 e. The maximum Gasteiger partial charge on any atom is 0.417 e. The molecule has 0 spiro atoms. The molecule has 2 N–H and O–H groups in total. The number of carboxylic acids is 2. The van der Waals surface area contributed by atoms with Crippen LogP contribution in [0.3, 0.4) is 0 Å². The molecule has 0 saturated heterocycles. The lowest BCUT2D eigenvalue weighted by Gasteiger charge is -2.13. The Bertz CT molecular complexity index is 491. The van der Waals surface area contributed by atoms with E-state index in [1.54, 1.807) is 0 Å². The highest BCUT2D eigenvalue weighted by molar-refractivity contribution is 5.97. The van der Waals surface area contributed by atoms with Gasteiger partial charge in [0.05, 0.1) is 16.7 Å². The molecule has 0 radical (unpaired) electrons. The van der Waals surface area contributed by atoms with Gasteiger partial charge in [-0.05, 0) is 24.6 Å². The second-order valence-electron chi connectivity index (χ2n) is 3.27. The second kappa shape index (κ2) is 4.08. The SMILES string of the molecule is Cc1c(C(=O)O)ccc(C(F)(F)F)c1C(=O)O. The van der Waals surface area contributed by atoms with Crippen molar-refractivity contribution in [3.63, 3.8) is 0 Å². The average Bonchev–Trinajstić information content (AvgIpc) is 2.14. The molecule has 7 heteroatoms. The fourth-order valence-electron chi connectivity index (χ4n) is 1.46. The molecule has 0 aliphatic carbocycles. The van der Waals surface area contributed by atoms with E-state index < -0.39 is 40.4 Å². The van der Waals surface area contributed by atoms with Crippen molar-refractivity contribution >= 4 is 11.9 Å². The summed E-state index contributed by atoms with van der Waals surface area (Å²) in [6.45, 7) is 1.03. The summed E-state index contributed by atoms with van der Waals surface area (Å²) in [5, 5.41) is 17.4. The van der Waals surface area contributed by atoms with E-state index in [9.17, 15) is 22.8 Å². The minimum atomic E-state index is -4.84. The maximum atomic E-state index is 12.5. The number of carboxylic acid groups (broad SMARTS) is 2. The first kappa shape index (κ1) is 13.0. The highest BCUT2D eigenvalue weighted by Gasteiger charge is 2.37. The Morgan fingerprint density at radius 2 is 1.65 bits per heavy atom. The van der Waals surface area contributed by atoms with Crippen molar-refractivity contribution in [1.82, 2.24) is 0 Å². The van der Waals surface area contributed by atoms with Crippen LogP contribution in [0.15, 0.2) is 12.1 Å². The monoisotopic (exact) mass is 248 g/mol. The summed E-state index contributed by atoms with van der Waals surface area (Å²) in [6, 6.07) is 1.20. The third kappa shape index (κ3) is 2.38. The van der Waals surface area contributed by atoms with Crippen LogP contribution in [0.1, 0.15) is 31.8 Å². The van der Waals surface area contributed by atoms with Gasteiger partial charge in [0.1, 0.15) is 0 Å². The van der Waals surface area contributed by atoms with Crippen molar-refractivity contribution in [1.29, 1.82) is 0 Å². The van der Waals surface area contributed by atoms with Crippen molar-refractivity contribution in [2.24, 2.45) is 0 Å². The summed E-state index contributed by atoms with van der Waals surface area (Å²) in [6.07, 6.45) is -4.84. The first-order valence-electron chi connectivity index (χ1n) is 4.33. The van der Waals surface area contributed by atoms with Crippen LogP contribution in [-0.4, -0.2) is 22.2 Å². The predicted octanol–water partition coefficient (Wildman–Crippen LogP) is 2.41. The van der Waals surface area contributed by atoms with E-state index in [4.69, 9.17) is 10.2 Å². The number of halogens is 3. The Hall–Kier alpha value is -2.05. The molecule has 92 valence electrons. The normalized spacial score (nSPS) is 11.3. The maximum absolute atomic E-state index is 12.5. The average molecular weight is 248 g/mol. The van der Waals surface area contributed by atoms with Crippen LogP contribution >= 0.6 is 0 Å². The number of rotatable bonds is 2. The number of benzene rings is 1. The van der Waals surface area contributed by atoms with Crippen molar-refractivity contribution in [3.8, 4) is 0 Å². The third-order valence-corrected chi connectivity index (χ3v) is 2.21. The van der Waals surface area contributed by atoms with Gasteiger partial charge in [0.15, 0.2) is 0 Å². The minimum Gasteiger partial charge on any atom is -0.478 e. The molecular formula is C10H7F3O4. The van der Waals surface area contributed by atoms with E-state index in [-0.39, 0.29) is 0 Å². The van der Waals surface area contributed by atoms with Gasteiger partial charge in [-0.25, -0.2) is 9.59 Å². The lowest BCUT2D eigenvalue weighted by Crippen LogP contribution is -2.16. The van der Waals surface area contributed by atoms with Crippen LogP contribution in [0.4, 0.5) is 13.2 Å². The summed E-state index contributed by atoms with van der Waals surface area (Å²) in [5.74, 6) is -3.28. The highest BCUT2D eigenvalue weighted by Crippen LogP contribution is 2.34. The van der Waals surface area contributed by atoms with Crippen molar-refractivity contribution in [3.05, 3.63) is 34.4 Å². The van der Waals surface area contributed by atoms with Gasteiger partial charge in [0.25, 0.3) is 0 Å². The van der Waals surface area contributed by atoms with E-state index in [1.807, 2.05) is 0 Å². The van der Waals surface area contributed by atoms with Crippen LogP contribution in [0.5, 0.6) is 0 Å². The Labute approximate surface area is 93.3 Å². The number of carbonyl (C=O) groups is 2. The molecule has 0 aromatic heterocycles. The van der Waals surface area contributed by atoms with Crippen molar-refractivity contribution < 1.29 is 33.0 Å². The molecule has 0 heterocycles. The molecule has 1 aromatic rings. The molecule has 1 aromatic carbocycles. The van der Waals surface area contributed by atoms with Crippen LogP contribution < -0.4 is 0 Å². The number of hydrogen-bond donors (Lipinski definition) is 2. The van der Waals surface area contributed by atoms with Gasteiger partial charge in [-0.2, -0.15) is 13.2 Å². The summed E-state index contributed by atoms with van der Waals surface area (Å²) in [7, 11) is 0. The van der Waals surface area contributed by atoms with Gasteiger partial charge < -0.3 is 10.2 Å². The van der Waals surface area contributed by atoms with E-state index >= 15 is 0 Å². The Balaban J connectivity index is 3.63. The predicted molar refractivity (Wildman–Crippen MR) is 50.1 cm³/mol. The minimum absolute atomic E-state index is 0.417. The number of hydrogen-bond acceptors (Lipinski definition) is 2. The molecule has 0 bridgehead atoms. The third-order valence-electron chi connectivity index (χ3n) is 2.21. The molecular weight excluding hydrogens is 241 g/mol. The van der Waals surface area contributed by atoms with Crippen LogP contribution in [0, 0.1) is 6.92 Å². The Morgan fingerprint density at radius 1 is 1.12 bits per heavy atom. The quantitative estimate of drug-likeness (QED) is 0.842. The molecule has 0 aliphatic rings. The van der Waals surface area contributed by atoms with Gasteiger partial charge in [-0.15, -0.1) is 0 Å².